The number of rotatable bonds is 8. The largest absolute Gasteiger partial charge is 0.509 e. The van der Waals surface area contributed by atoms with Crippen LogP contribution in [-0.4, -0.2) is 9.55 Å². The van der Waals surface area contributed by atoms with Gasteiger partial charge in [0.1, 0.15) is 5.82 Å². The van der Waals surface area contributed by atoms with Gasteiger partial charge in [0.2, 0.25) is 0 Å². The van der Waals surface area contributed by atoms with Crippen molar-refractivity contribution in [2.75, 3.05) is 9.80 Å². The first-order valence-corrected chi connectivity index (χ1v) is 19.7. The molecule has 2 aromatic heterocycles. The van der Waals surface area contributed by atoms with Crippen molar-refractivity contribution in [3.8, 4) is 50.7 Å². The van der Waals surface area contributed by atoms with Crippen molar-refractivity contribution in [1.29, 1.82) is 0 Å². The molecule has 0 amide bonds. The van der Waals surface area contributed by atoms with Crippen molar-refractivity contribution < 1.29 is 32.7 Å². The van der Waals surface area contributed by atoms with Crippen molar-refractivity contribution in [3.05, 3.63) is 225 Å². The molecule has 6 heteroatoms. The second-order valence-corrected chi connectivity index (χ2v) is 14.5. The molecule has 3 heterocycles. The number of aromatic nitrogens is 2. The first-order chi connectivity index (χ1) is 31.7. The predicted octanol–water partition coefficient (Wildman–Crippen LogP) is 14.3. The van der Waals surface area contributed by atoms with Crippen LogP contribution in [0.15, 0.2) is 200 Å². The van der Waals surface area contributed by atoms with E-state index in [2.05, 4.69) is 119 Å². The zero-order chi connectivity index (χ0) is 44.2. The van der Waals surface area contributed by atoms with E-state index in [9.17, 15) is 1.37 Å². The third kappa shape index (κ3) is 6.87. The maximum absolute atomic E-state index is 9.40. The van der Waals surface area contributed by atoms with Crippen LogP contribution < -0.4 is 14.5 Å². The van der Waals surface area contributed by atoms with Gasteiger partial charge in [0.25, 0.3) is 0 Å². The molecule has 0 bridgehead atoms. The molecule has 0 unspecified atom stereocenters. The summed E-state index contributed by atoms with van der Waals surface area (Å²) in [6.45, 7) is -0.596. The molecule has 1 aliphatic rings. The van der Waals surface area contributed by atoms with E-state index in [0.29, 0.717) is 28.1 Å². The topological polar surface area (TPSA) is 33.5 Å². The van der Waals surface area contributed by atoms with Gasteiger partial charge in [-0.25, -0.2) is 4.98 Å². The smallest absolute Gasteiger partial charge is 0.135 e. The van der Waals surface area contributed by atoms with E-state index in [1.807, 2.05) is 78.9 Å². The van der Waals surface area contributed by atoms with Crippen molar-refractivity contribution in [3.63, 3.8) is 0 Å². The van der Waals surface area contributed by atoms with Crippen LogP contribution in [0.2, 0.25) is 0 Å². The zero-order valence-electron chi connectivity index (χ0n) is 37.5. The number of hydrogen-bond donors (Lipinski definition) is 0. The van der Waals surface area contributed by atoms with E-state index in [0.717, 1.165) is 55.8 Å². The Morgan fingerprint density at radius 2 is 1.15 bits per heavy atom. The molecule has 11 rings (SSSR count). The Labute approximate surface area is 377 Å². The van der Waals surface area contributed by atoms with Crippen LogP contribution in [0.5, 0.6) is 11.5 Å². The van der Waals surface area contributed by atoms with Gasteiger partial charge in [-0.05, 0) is 58.7 Å². The summed E-state index contributed by atoms with van der Waals surface area (Å²) in [5.41, 5.74) is 9.79. The summed E-state index contributed by atoms with van der Waals surface area (Å²) < 4.78 is 52.3. The molecule has 0 saturated carbocycles. The van der Waals surface area contributed by atoms with Gasteiger partial charge in [-0.15, -0.1) is 48.1 Å². The van der Waals surface area contributed by atoms with Crippen LogP contribution in [0, 0.1) is 25.7 Å². The minimum absolute atomic E-state index is 0. The number of pyridine rings is 1. The fraction of sp³-hybridized carbons (Fsp3) is 0.0182. The monoisotopic (exact) mass is 969 g/mol. The molecule has 296 valence electrons. The fourth-order valence-corrected chi connectivity index (χ4v) is 8.18. The van der Waals surface area contributed by atoms with E-state index in [1.54, 1.807) is 28.8 Å². The van der Waals surface area contributed by atoms with Crippen LogP contribution in [0.25, 0.3) is 61.0 Å². The molecule has 10 aromatic rings. The van der Waals surface area contributed by atoms with Gasteiger partial charge in [0, 0.05) is 82.1 Å². The van der Waals surface area contributed by atoms with E-state index in [1.165, 1.54) is 0 Å². The normalized spacial score (nSPS) is 13.5. The summed E-state index contributed by atoms with van der Waals surface area (Å²) in [5, 5.41) is 1.65. The average molecular weight is 970 g/mol. The summed E-state index contributed by atoms with van der Waals surface area (Å²) in [7, 11) is 0. The molecule has 1 aliphatic heterocycles. The first-order valence-electron chi connectivity index (χ1n) is 22.2. The minimum atomic E-state index is -2.70. The standard InChI is InChI=1S/C55H37N4O.Pt/c1-38-33-54(56-36-49(38)41-21-9-4-10-22-41)59-50-28-12-11-25-47(50)48-32-31-44(35-53(48)59)60-43-24-15-23-42(34-43)57-37-58(52-30-14-13-29-51(52)57)55-45(39-17-5-2-6-18-39)26-16-27-46(55)40-19-7-3-8-20-40;/h2-33,36-37H,1H3;/q-3;/i1D3,33D,36D;. The molecule has 0 radical (unpaired) electrons. The molecule has 0 N–H and O–H groups in total. The van der Waals surface area contributed by atoms with Crippen LogP contribution in [0.1, 0.15) is 12.4 Å². The Bertz CT molecular complexity index is 3360. The van der Waals surface area contributed by atoms with Gasteiger partial charge in [0.05, 0.1) is 2.74 Å². The van der Waals surface area contributed by atoms with Gasteiger partial charge in [-0.2, -0.15) is 12.1 Å². The first kappa shape index (κ1) is 32.6. The third-order valence-electron chi connectivity index (χ3n) is 10.9. The van der Waals surface area contributed by atoms with E-state index in [-0.39, 0.29) is 50.2 Å². The number of anilines is 4. The number of para-hydroxylation sites is 4. The van der Waals surface area contributed by atoms with Crippen molar-refractivity contribution >= 4 is 44.6 Å². The summed E-state index contributed by atoms with van der Waals surface area (Å²) in [5.74, 6) is 0.844. The Balaban J connectivity index is 0.00000511. The number of hydrogen-bond acceptors (Lipinski definition) is 4. The molecule has 5 nitrogen and oxygen atoms in total. The maximum atomic E-state index is 9.40. The fourth-order valence-electron chi connectivity index (χ4n) is 8.18. The van der Waals surface area contributed by atoms with Crippen LogP contribution >= 0.6 is 0 Å². The van der Waals surface area contributed by atoms with E-state index in [4.69, 9.17) is 10.2 Å². The van der Waals surface area contributed by atoms with Gasteiger partial charge in [-0.3, -0.25) is 0 Å². The second-order valence-electron chi connectivity index (χ2n) is 14.5. The van der Waals surface area contributed by atoms with Crippen LogP contribution in [-0.2, 0) is 21.1 Å². The van der Waals surface area contributed by atoms with E-state index < -0.39 is 6.85 Å². The molecule has 0 atom stereocenters. The van der Waals surface area contributed by atoms with Gasteiger partial charge in [0.15, 0.2) is 0 Å². The number of benzene rings is 8. The quantitative estimate of drug-likeness (QED) is 0.142. The van der Waals surface area contributed by atoms with Crippen molar-refractivity contribution in [1.82, 2.24) is 9.55 Å². The van der Waals surface area contributed by atoms with Crippen LogP contribution in [0.3, 0.4) is 0 Å². The zero-order valence-corrected chi connectivity index (χ0v) is 34.8. The second kappa shape index (κ2) is 16.1. The van der Waals surface area contributed by atoms with E-state index >= 15 is 0 Å². The van der Waals surface area contributed by atoms with Gasteiger partial charge in [-0.1, -0.05) is 145 Å². The summed E-state index contributed by atoms with van der Waals surface area (Å²) in [6.07, 6.45) is -0.239. The third-order valence-corrected chi connectivity index (χ3v) is 10.9. The number of fused-ring (bicyclic) bond motifs is 4. The Morgan fingerprint density at radius 3 is 1.84 bits per heavy atom. The van der Waals surface area contributed by atoms with Crippen molar-refractivity contribution in [2.24, 2.45) is 0 Å². The maximum Gasteiger partial charge on any atom is 0.135 e. The molecule has 0 fully saturated rings. The molecule has 0 spiro atoms. The summed E-state index contributed by atoms with van der Waals surface area (Å²) in [4.78, 5) is 9.01. The molecule has 61 heavy (non-hydrogen) atoms. The summed E-state index contributed by atoms with van der Waals surface area (Å²) in [6, 6.07) is 68.3. The summed E-state index contributed by atoms with van der Waals surface area (Å²) >= 11 is 0. The molecular weight excluding hydrogens is 928 g/mol. The minimum Gasteiger partial charge on any atom is -0.509 e. The van der Waals surface area contributed by atoms with Crippen LogP contribution in [0.4, 0.5) is 22.7 Å². The number of nitrogens with zero attached hydrogens (tertiary/aromatic N) is 4. The average Bonchev–Trinajstić information content (AvgIpc) is 3.88. The SMILES string of the molecule is [2H]c1nc(-n2c3[c-]c(Oc4[c-]c(N5[CH-]N(c6c(-c7ccccc7)cccc6-c6ccccc6)c6ccccc65)ccc4)ccc3c3ccccc32)c([2H])c(C([2H])([2H])[2H])c1-c1ccccc1.[Pt]. The molecule has 0 aliphatic carbocycles. The molecule has 8 aromatic carbocycles. The Kier molecular flexibility index (Phi) is 8.61. The molecular formula is C55H37N4OPt-3. The van der Waals surface area contributed by atoms with Gasteiger partial charge < -0.3 is 19.1 Å². The molecule has 0 saturated heterocycles. The Hall–Kier alpha value is -7.20. The van der Waals surface area contributed by atoms with Crippen molar-refractivity contribution in [2.45, 2.75) is 6.85 Å². The predicted molar refractivity (Wildman–Crippen MR) is 245 cm³/mol. The van der Waals surface area contributed by atoms with Gasteiger partial charge >= 0.3 is 0 Å². The number of ether oxygens (including phenoxy) is 1. The Morgan fingerprint density at radius 1 is 0.557 bits per heavy atom.